The molecule has 0 saturated carbocycles. The normalized spacial score (nSPS) is 16.8. The molecule has 130 valence electrons. The van der Waals surface area contributed by atoms with E-state index in [4.69, 9.17) is 16.0 Å². The Hall–Kier alpha value is -1.52. The van der Waals surface area contributed by atoms with Crippen molar-refractivity contribution in [1.82, 2.24) is 4.90 Å². The van der Waals surface area contributed by atoms with Crippen LogP contribution in [0.1, 0.15) is 48.7 Å². The van der Waals surface area contributed by atoms with Crippen LogP contribution in [0, 0.1) is 5.92 Å². The zero-order valence-electron chi connectivity index (χ0n) is 14.1. The van der Waals surface area contributed by atoms with E-state index < -0.39 is 5.97 Å². The number of halogens is 1. The maximum absolute atomic E-state index is 11.4. The Labute approximate surface area is 147 Å². The largest absolute Gasteiger partial charge is 0.478 e. The van der Waals surface area contributed by atoms with E-state index in [-0.39, 0.29) is 5.56 Å². The summed E-state index contributed by atoms with van der Waals surface area (Å²) in [4.78, 5) is 13.9. The van der Waals surface area contributed by atoms with Gasteiger partial charge < -0.3 is 14.4 Å². The van der Waals surface area contributed by atoms with E-state index in [0.29, 0.717) is 16.5 Å². The summed E-state index contributed by atoms with van der Waals surface area (Å²) >= 11 is 6.02. The molecule has 0 radical (unpaired) electrons. The lowest BCUT2D eigenvalue weighted by atomic mass is 9.92. The number of benzene rings is 1. The van der Waals surface area contributed by atoms with Crippen LogP contribution in [0.15, 0.2) is 22.6 Å². The number of likely N-dealkylation sites (tertiary alicyclic amines) is 1. The van der Waals surface area contributed by atoms with Crippen LogP contribution in [0.5, 0.6) is 0 Å². The molecule has 0 aliphatic carbocycles. The van der Waals surface area contributed by atoms with E-state index in [0.717, 1.165) is 30.7 Å². The van der Waals surface area contributed by atoms with Crippen LogP contribution in [-0.4, -0.2) is 35.6 Å². The molecule has 24 heavy (non-hydrogen) atoms. The zero-order chi connectivity index (χ0) is 17.1. The van der Waals surface area contributed by atoms with Crippen molar-refractivity contribution in [2.24, 2.45) is 5.92 Å². The topological polar surface area (TPSA) is 53.7 Å². The number of hydrogen-bond donors (Lipinski definition) is 1. The van der Waals surface area contributed by atoms with Crippen molar-refractivity contribution in [3.05, 3.63) is 34.5 Å². The van der Waals surface area contributed by atoms with Crippen LogP contribution < -0.4 is 0 Å². The fraction of sp³-hybridized carbons (Fsp3) is 0.526. The summed E-state index contributed by atoms with van der Waals surface area (Å²) in [6.07, 6.45) is 5.73. The van der Waals surface area contributed by atoms with Gasteiger partial charge in [-0.2, -0.15) is 0 Å². The summed E-state index contributed by atoms with van der Waals surface area (Å²) in [5, 5.41) is 10.5. The second kappa shape index (κ2) is 7.58. The monoisotopic (exact) mass is 349 g/mol. The van der Waals surface area contributed by atoms with Crippen molar-refractivity contribution in [3.63, 3.8) is 0 Å². The van der Waals surface area contributed by atoms with Gasteiger partial charge in [0.15, 0.2) is 0 Å². The molecule has 0 unspecified atom stereocenters. The fourth-order valence-electron chi connectivity index (χ4n) is 3.51. The Bertz CT molecular complexity index is 717. The number of carbonyl (C=O) groups is 1. The molecular formula is C19H24ClNO3. The van der Waals surface area contributed by atoms with Crippen LogP contribution in [-0.2, 0) is 6.42 Å². The highest BCUT2D eigenvalue weighted by atomic mass is 35.5. The second-order valence-electron chi connectivity index (χ2n) is 6.73. The average Bonchev–Trinajstić information content (AvgIpc) is 2.95. The summed E-state index contributed by atoms with van der Waals surface area (Å²) in [6.45, 7) is 5.73. The van der Waals surface area contributed by atoms with E-state index in [9.17, 15) is 9.90 Å². The van der Waals surface area contributed by atoms with Crippen LogP contribution in [0.3, 0.4) is 0 Å². The highest BCUT2D eigenvalue weighted by molar-refractivity contribution is 6.32. The lowest BCUT2D eigenvalue weighted by molar-refractivity contribution is 0.0698. The van der Waals surface area contributed by atoms with Crippen molar-refractivity contribution in [1.29, 1.82) is 0 Å². The summed E-state index contributed by atoms with van der Waals surface area (Å²) in [7, 11) is 0. The third-order valence-electron chi connectivity index (χ3n) is 4.89. The number of fused-ring (bicyclic) bond motifs is 1. The number of carboxylic acid groups (broad SMARTS) is 1. The predicted octanol–water partition coefficient (Wildman–Crippen LogP) is 4.84. The van der Waals surface area contributed by atoms with E-state index in [1.807, 2.05) is 6.07 Å². The number of aromatic carboxylic acids is 1. The molecule has 1 aromatic carbocycles. The number of carboxylic acids is 1. The Morgan fingerprint density at radius 3 is 2.75 bits per heavy atom. The maximum atomic E-state index is 11.4. The van der Waals surface area contributed by atoms with Crippen molar-refractivity contribution in [2.75, 3.05) is 19.6 Å². The van der Waals surface area contributed by atoms with Gasteiger partial charge in [-0.1, -0.05) is 24.9 Å². The number of unbranched alkanes of at least 4 members (excludes halogenated alkanes) is 1. The molecule has 5 heteroatoms. The van der Waals surface area contributed by atoms with Crippen molar-refractivity contribution in [3.8, 4) is 0 Å². The molecule has 0 spiro atoms. The predicted molar refractivity (Wildman–Crippen MR) is 96.0 cm³/mol. The number of nitrogens with zero attached hydrogens (tertiary/aromatic N) is 1. The Morgan fingerprint density at radius 1 is 1.33 bits per heavy atom. The third-order valence-corrected chi connectivity index (χ3v) is 5.11. The van der Waals surface area contributed by atoms with Gasteiger partial charge in [0, 0.05) is 16.8 Å². The molecule has 1 saturated heterocycles. The number of hydrogen-bond acceptors (Lipinski definition) is 3. The van der Waals surface area contributed by atoms with Crippen LogP contribution >= 0.6 is 11.6 Å². The zero-order valence-corrected chi connectivity index (χ0v) is 14.8. The number of rotatable bonds is 6. The fourth-order valence-corrected chi connectivity index (χ4v) is 3.74. The molecule has 2 heterocycles. The third kappa shape index (κ3) is 3.93. The van der Waals surface area contributed by atoms with Crippen molar-refractivity contribution < 1.29 is 14.3 Å². The van der Waals surface area contributed by atoms with Gasteiger partial charge in [0.2, 0.25) is 0 Å². The van der Waals surface area contributed by atoms with Gasteiger partial charge in [-0.3, -0.25) is 0 Å². The Balaban J connectivity index is 1.68. The van der Waals surface area contributed by atoms with Gasteiger partial charge in [-0.15, -0.1) is 0 Å². The Morgan fingerprint density at radius 2 is 2.08 bits per heavy atom. The molecule has 0 amide bonds. The van der Waals surface area contributed by atoms with E-state index >= 15 is 0 Å². The molecule has 1 fully saturated rings. The Kier molecular flexibility index (Phi) is 5.47. The maximum Gasteiger partial charge on any atom is 0.339 e. The summed E-state index contributed by atoms with van der Waals surface area (Å²) in [6, 6.07) is 5.16. The highest BCUT2D eigenvalue weighted by Gasteiger charge is 2.21. The standard InChI is InChI=1S/C19H24ClNO3/c1-2-3-6-21-7-4-13(5-8-21)9-16-11-14-10-15(20)12-17(19(22)23)18(14)24-16/h10-13H,2-9H2,1H3,(H,22,23). The summed E-state index contributed by atoms with van der Waals surface area (Å²) < 4.78 is 5.86. The first-order valence-corrected chi connectivity index (χ1v) is 9.12. The van der Waals surface area contributed by atoms with Gasteiger partial charge in [0.25, 0.3) is 0 Å². The minimum Gasteiger partial charge on any atom is -0.478 e. The first-order chi connectivity index (χ1) is 11.6. The van der Waals surface area contributed by atoms with Gasteiger partial charge >= 0.3 is 5.97 Å². The second-order valence-corrected chi connectivity index (χ2v) is 7.17. The number of furan rings is 1. The lowest BCUT2D eigenvalue weighted by Crippen LogP contribution is -2.34. The molecule has 1 N–H and O–H groups in total. The molecule has 2 aromatic rings. The summed E-state index contributed by atoms with van der Waals surface area (Å²) in [5.74, 6) is 0.460. The molecular weight excluding hydrogens is 326 g/mol. The van der Waals surface area contributed by atoms with E-state index in [2.05, 4.69) is 11.8 Å². The molecule has 0 atom stereocenters. The molecule has 1 aromatic heterocycles. The quantitative estimate of drug-likeness (QED) is 0.810. The van der Waals surface area contributed by atoms with Crippen LogP contribution in [0.2, 0.25) is 5.02 Å². The minimum absolute atomic E-state index is 0.137. The SMILES string of the molecule is CCCCN1CCC(Cc2cc3cc(Cl)cc(C(=O)O)c3o2)CC1. The van der Waals surface area contributed by atoms with Crippen LogP contribution in [0.25, 0.3) is 11.0 Å². The first-order valence-electron chi connectivity index (χ1n) is 8.74. The van der Waals surface area contributed by atoms with Crippen molar-refractivity contribution in [2.45, 2.75) is 39.0 Å². The molecule has 3 rings (SSSR count). The summed E-state index contributed by atoms with van der Waals surface area (Å²) in [5.41, 5.74) is 0.570. The lowest BCUT2D eigenvalue weighted by Gasteiger charge is -2.31. The smallest absolute Gasteiger partial charge is 0.339 e. The van der Waals surface area contributed by atoms with Gasteiger partial charge in [-0.25, -0.2) is 4.79 Å². The first kappa shape index (κ1) is 17.3. The van der Waals surface area contributed by atoms with E-state index in [1.54, 1.807) is 6.07 Å². The molecule has 4 nitrogen and oxygen atoms in total. The van der Waals surface area contributed by atoms with Crippen molar-refractivity contribution >= 4 is 28.5 Å². The van der Waals surface area contributed by atoms with Gasteiger partial charge in [0.05, 0.1) is 0 Å². The van der Waals surface area contributed by atoms with Gasteiger partial charge in [-0.05, 0) is 63.0 Å². The highest BCUT2D eigenvalue weighted by Crippen LogP contribution is 2.30. The average molecular weight is 350 g/mol. The van der Waals surface area contributed by atoms with Crippen LogP contribution in [0.4, 0.5) is 0 Å². The molecule has 1 aliphatic rings. The van der Waals surface area contributed by atoms with Gasteiger partial charge in [0.1, 0.15) is 16.9 Å². The van der Waals surface area contributed by atoms with E-state index in [1.165, 1.54) is 38.3 Å². The molecule has 1 aliphatic heterocycles. The minimum atomic E-state index is -1.01. The number of piperidine rings is 1. The molecule has 0 bridgehead atoms.